The summed E-state index contributed by atoms with van der Waals surface area (Å²) in [5, 5.41) is 7.67. The van der Waals surface area contributed by atoms with Gasteiger partial charge in [0.25, 0.3) is 0 Å². The SMILES string of the molecule is CCOC(=O)C1CCCN(C(=NC)NCCc2ccc(-n3cccn3)cc2)C1. The molecule has 7 nitrogen and oxygen atoms in total. The first-order chi connectivity index (χ1) is 13.7. The van der Waals surface area contributed by atoms with Gasteiger partial charge >= 0.3 is 5.97 Å². The third kappa shape index (κ3) is 5.12. The minimum atomic E-state index is -0.0973. The molecule has 1 aromatic heterocycles. The molecule has 7 heteroatoms. The predicted octanol–water partition coefficient (Wildman–Crippen LogP) is 2.27. The van der Waals surface area contributed by atoms with Gasteiger partial charge in [0.2, 0.25) is 0 Å². The zero-order valence-corrected chi connectivity index (χ0v) is 16.7. The first-order valence-corrected chi connectivity index (χ1v) is 9.92. The molecular formula is C21H29N5O2. The molecule has 1 fully saturated rings. The largest absolute Gasteiger partial charge is 0.466 e. The lowest BCUT2D eigenvalue weighted by Gasteiger charge is -2.34. The lowest BCUT2D eigenvalue weighted by atomic mass is 9.98. The molecule has 0 amide bonds. The van der Waals surface area contributed by atoms with E-state index in [9.17, 15) is 4.79 Å². The second kappa shape index (κ2) is 9.92. The van der Waals surface area contributed by atoms with Crippen LogP contribution in [0.25, 0.3) is 5.69 Å². The summed E-state index contributed by atoms with van der Waals surface area (Å²) in [5.74, 6) is 0.684. The van der Waals surface area contributed by atoms with Gasteiger partial charge in [-0.05, 0) is 49.9 Å². The number of benzene rings is 1. The van der Waals surface area contributed by atoms with Gasteiger partial charge in [0.1, 0.15) is 0 Å². The van der Waals surface area contributed by atoms with E-state index >= 15 is 0 Å². The fraction of sp³-hybridized carbons (Fsp3) is 0.476. The number of aliphatic imine (C=N–C) groups is 1. The average Bonchev–Trinajstić information content (AvgIpc) is 3.27. The smallest absolute Gasteiger partial charge is 0.310 e. The van der Waals surface area contributed by atoms with E-state index in [0.717, 1.165) is 44.0 Å². The Morgan fingerprint density at radius 1 is 1.36 bits per heavy atom. The number of aromatic nitrogens is 2. The van der Waals surface area contributed by atoms with Crippen molar-refractivity contribution in [3.05, 3.63) is 48.3 Å². The Kier molecular flexibility index (Phi) is 7.06. The van der Waals surface area contributed by atoms with Crippen molar-refractivity contribution in [1.29, 1.82) is 0 Å². The van der Waals surface area contributed by atoms with Crippen molar-refractivity contribution in [2.45, 2.75) is 26.2 Å². The molecule has 1 atom stereocenters. The van der Waals surface area contributed by atoms with Gasteiger partial charge in [0.05, 0.1) is 18.2 Å². The summed E-state index contributed by atoms with van der Waals surface area (Å²) < 4.78 is 7.03. The lowest BCUT2D eigenvalue weighted by Crippen LogP contribution is -2.48. The van der Waals surface area contributed by atoms with Crippen LogP contribution in [0.5, 0.6) is 0 Å². The zero-order chi connectivity index (χ0) is 19.8. The summed E-state index contributed by atoms with van der Waals surface area (Å²) in [4.78, 5) is 18.6. The lowest BCUT2D eigenvalue weighted by molar-refractivity contribution is -0.149. The summed E-state index contributed by atoms with van der Waals surface area (Å²) in [5.41, 5.74) is 2.30. The van der Waals surface area contributed by atoms with E-state index in [1.54, 1.807) is 13.2 Å². The molecule has 150 valence electrons. The predicted molar refractivity (Wildman–Crippen MR) is 110 cm³/mol. The first kappa shape index (κ1) is 19.9. The number of esters is 1. The van der Waals surface area contributed by atoms with Gasteiger partial charge in [-0.3, -0.25) is 9.79 Å². The van der Waals surface area contributed by atoms with Crippen LogP contribution in [0.3, 0.4) is 0 Å². The Bertz CT molecular complexity index is 771. The van der Waals surface area contributed by atoms with E-state index in [-0.39, 0.29) is 11.9 Å². The van der Waals surface area contributed by atoms with Crippen molar-refractivity contribution in [2.24, 2.45) is 10.9 Å². The Balaban J connectivity index is 1.49. The average molecular weight is 383 g/mol. The highest BCUT2D eigenvalue weighted by atomic mass is 16.5. The van der Waals surface area contributed by atoms with Gasteiger partial charge in [0, 0.05) is 39.1 Å². The van der Waals surface area contributed by atoms with Gasteiger partial charge in [-0.15, -0.1) is 0 Å². The van der Waals surface area contributed by atoms with Gasteiger partial charge < -0.3 is 15.0 Å². The molecule has 0 aliphatic carbocycles. The van der Waals surface area contributed by atoms with Crippen LogP contribution in [0.4, 0.5) is 0 Å². The number of nitrogens with one attached hydrogen (secondary N) is 1. The van der Waals surface area contributed by atoms with E-state index in [2.05, 4.69) is 44.6 Å². The summed E-state index contributed by atoms with van der Waals surface area (Å²) in [6.07, 6.45) is 6.46. The molecule has 0 spiro atoms. The summed E-state index contributed by atoms with van der Waals surface area (Å²) in [6.45, 7) is 4.64. The molecule has 28 heavy (non-hydrogen) atoms. The van der Waals surface area contributed by atoms with Crippen molar-refractivity contribution >= 4 is 11.9 Å². The number of hydrogen-bond acceptors (Lipinski definition) is 4. The van der Waals surface area contributed by atoms with Gasteiger partial charge in [-0.2, -0.15) is 5.10 Å². The highest BCUT2D eigenvalue weighted by Gasteiger charge is 2.28. The number of guanidine groups is 1. The number of rotatable bonds is 6. The van der Waals surface area contributed by atoms with Crippen LogP contribution >= 0.6 is 0 Å². The normalized spacial score (nSPS) is 17.4. The van der Waals surface area contributed by atoms with E-state index in [0.29, 0.717) is 13.2 Å². The molecule has 2 heterocycles. The molecular weight excluding hydrogens is 354 g/mol. The molecule has 2 aromatic rings. The van der Waals surface area contributed by atoms with Crippen LogP contribution < -0.4 is 5.32 Å². The molecule has 3 rings (SSSR count). The third-order valence-corrected chi connectivity index (χ3v) is 4.95. The van der Waals surface area contributed by atoms with E-state index in [1.807, 2.05) is 23.9 Å². The Labute approximate surface area is 166 Å². The van der Waals surface area contributed by atoms with Crippen molar-refractivity contribution in [2.75, 3.05) is 33.3 Å². The summed E-state index contributed by atoms with van der Waals surface area (Å²) in [7, 11) is 1.79. The maximum atomic E-state index is 12.1. The summed E-state index contributed by atoms with van der Waals surface area (Å²) >= 11 is 0. The van der Waals surface area contributed by atoms with Crippen LogP contribution in [0.1, 0.15) is 25.3 Å². The van der Waals surface area contributed by atoms with E-state index in [1.165, 1.54) is 5.56 Å². The van der Waals surface area contributed by atoms with Crippen LogP contribution in [-0.4, -0.2) is 59.9 Å². The fourth-order valence-electron chi connectivity index (χ4n) is 3.51. The van der Waals surface area contributed by atoms with Gasteiger partial charge in [0.15, 0.2) is 5.96 Å². The van der Waals surface area contributed by atoms with Crippen molar-refractivity contribution in [1.82, 2.24) is 20.0 Å². The molecule has 1 unspecified atom stereocenters. The minimum absolute atomic E-state index is 0.0675. The molecule has 1 saturated heterocycles. The van der Waals surface area contributed by atoms with Crippen LogP contribution in [0.2, 0.25) is 0 Å². The molecule has 1 aromatic carbocycles. The number of ether oxygens (including phenoxy) is 1. The van der Waals surface area contributed by atoms with Crippen LogP contribution in [-0.2, 0) is 16.0 Å². The second-order valence-electron chi connectivity index (χ2n) is 6.88. The van der Waals surface area contributed by atoms with Crippen molar-refractivity contribution in [3.8, 4) is 5.69 Å². The van der Waals surface area contributed by atoms with Crippen LogP contribution in [0.15, 0.2) is 47.7 Å². The minimum Gasteiger partial charge on any atom is -0.466 e. The maximum absolute atomic E-state index is 12.1. The highest BCUT2D eigenvalue weighted by Crippen LogP contribution is 2.18. The quantitative estimate of drug-likeness (QED) is 0.471. The molecule has 0 bridgehead atoms. The monoisotopic (exact) mass is 383 g/mol. The number of nitrogens with zero attached hydrogens (tertiary/aromatic N) is 4. The van der Waals surface area contributed by atoms with Crippen molar-refractivity contribution in [3.63, 3.8) is 0 Å². The van der Waals surface area contributed by atoms with Gasteiger partial charge in [-0.1, -0.05) is 12.1 Å². The standard InChI is InChI=1S/C21H29N5O2/c1-3-28-20(27)18-6-4-14-25(16-18)21(22-2)23-13-11-17-7-9-19(10-8-17)26-15-5-12-24-26/h5,7-10,12,15,18H,3-4,6,11,13-14,16H2,1-2H3,(H,22,23). The Morgan fingerprint density at radius 2 is 2.18 bits per heavy atom. The molecule has 1 aliphatic heterocycles. The van der Waals surface area contributed by atoms with Crippen molar-refractivity contribution < 1.29 is 9.53 Å². The maximum Gasteiger partial charge on any atom is 0.310 e. The summed E-state index contributed by atoms with van der Waals surface area (Å²) in [6, 6.07) is 10.3. The van der Waals surface area contributed by atoms with E-state index < -0.39 is 0 Å². The second-order valence-corrected chi connectivity index (χ2v) is 6.88. The fourth-order valence-corrected chi connectivity index (χ4v) is 3.51. The Morgan fingerprint density at radius 3 is 2.86 bits per heavy atom. The third-order valence-electron chi connectivity index (χ3n) is 4.95. The Hall–Kier alpha value is -2.83. The number of carbonyl (C=O) groups excluding carboxylic acids is 1. The number of carbonyl (C=O) groups is 1. The first-order valence-electron chi connectivity index (χ1n) is 9.92. The number of piperidine rings is 1. The van der Waals surface area contributed by atoms with E-state index in [4.69, 9.17) is 4.74 Å². The number of hydrogen-bond donors (Lipinski definition) is 1. The molecule has 0 saturated carbocycles. The van der Waals surface area contributed by atoms with Gasteiger partial charge in [-0.25, -0.2) is 4.68 Å². The molecule has 1 aliphatic rings. The number of likely N-dealkylation sites (tertiary alicyclic amines) is 1. The highest BCUT2D eigenvalue weighted by molar-refractivity contribution is 5.81. The zero-order valence-electron chi connectivity index (χ0n) is 16.7. The topological polar surface area (TPSA) is 71.8 Å². The molecule has 0 radical (unpaired) electrons. The van der Waals surface area contributed by atoms with Crippen LogP contribution in [0, 0.1) is 5.92 Å². The molecule has 1 N–H and O–H groups in total.